The summed E-state index contributed by atoms with van der Waals surface area (Å²) in [6.07, 6.45) is 0. The monoisotopic (exact) mass is 405 g/mol. The number of aryl methyl sites for hydroxylation is 2. The van der Waals surface area contributed by atoms with E-state index in [-0.39, 0.29) is 11.3 Å². The minimum absolute atomic E-state index is 0.0224. The summed E-state index contributed by atoms with van der Waals surface area (Å²) >= 11 is 5.30. The molecule has 1 amide bonds. The van der Waals surface area contributed by atoms with Crippen molar-refractivity contribution < 1.29 is 9.53 Å². The number of nitrogens with zero attached hydrogens (tertiary/aromatic N) is 1. The molecule has 1 heterocycles. The van der Waals surface area contributed by atoms with Crippen LogP contribution in [0.15, 0.2) is 40.9 Å². The van der Waals surface area contributed by atoms with Crippen LogP contribution in [0.25, 0.3) is 0 Å². The quantitative estimate of drug-likeness (QED) is 0.722. The molecule has 0 saturated carbocycles. The number of hydrogen-bond donors (Lipinski definition) is 0. The van der Waals surface area contributed by atoms with Crippen LogP contribution in [0.4, 0.5) is 0 Å². The topological polar surface area (TPSA) is 29.5 Å². The summed E-state index contributed by atoms with van der Waals surface area (Å²) < 4.78 is 6.50. The van der Waals surface area contributed by atoms with Gasteiger partial charge in [0.2, 0.25) is 0 Å². The predicted octanol–water partition coefficient (Wildman–Crippen LogP) is 4.96. The van der Waals surface area contributed by atoms with Gasteiger partial charge in [0.25, 0.3) is 5.91 Å². The lowest BCUT2D eigenvalue weighted by Crippen LogP contribution is -2.30. The molecule has 0 spiro atoms. The number of halogens is 1. The van der Waals surface area contributed by atoms with Crippen molar-refractivity contribution in [1.29, 1.82) is 0 Å². The van der Waals surface area contributed by atoms with Gasteiger partial charge >= 0.3 is 0 Å². The van der Waals surface area contributed by atoms with Gasteiger partial charge in [0, 0.05) is 27.9 Å². The summed E-state index contributed by atoms with van der Waals surface area (Å²) in [7, 11) is 1.67. The smallest absolute Gasteiger partial charge is 0.255 e. The lowest BCUT2D eigenvalue weighted by atomic mass is 10.1. The fraction of sp³-hybridized carbons (Fsp3) is 0.316. The Morgan fingerprint density at radius 3 is 2.58 bits per heavy atom. The van der Waals surface area contributed by atoms with E-state index < -0.39 is 0 Å². The van der Waals surface area contributed by atoms with Crippen LogP contribution < -0.4 is 4.74 Å². The predicted molar refractivity (Wildman–Crippen MR) is 103 cm³/mol. The van der Waals surface area contributed by atoms with E-state index in [0.29, 0.717) is 0 Å². The van der Waals surface area contributed by atoms with Crippen molar-refractivity contribution in [2.75, 3.05) is 19.4 Å². The van der Waals surface area contributed by atoms with Crippen LogP contribution in [-0.2, 0) is 0 Å². The number of carbonyl (C=O) groups excluding carboxylic acids is 1. The van der Waals surface area contributed by atoms with Gasteiger partial charge in [-0.05, 0) is 44.2 Å². The third-order valence-electron chi connectivity index (χ3n) is 4.08. The summed E-state index contributed by atoms with van der Waals surface area (Å²) in [6.45, 7) is 4.80. The zero-order chi connectivity index (χ0) is 17.3. The number of benzene rings is 2. The van der Waals surface area contributed by atoms with Crippen LogP contribution >= 0.6 is 27.7 Å². The first-order valence-corrected chi connectivity index (χ1v) is 9.68. The first-order chi connectivity index (χ1) is 11.5. The zero-order valence-corrected chi connectivity index (χ0v) is 16.4. The van der Waals surface area contributed by atoms with Crippen LogP contribution in [0.1, 0.15) is 32.4 Å². The van der Waals surface area contributed by atoms with E-state index in [0.717, 1.165) is 44.8 Å². The third-order valence-corrected chi connectivity index (χ3v) is 5.81. The number of amides is 1. The van der Waals surface area contributed by atoms with E-state index in [1.165, 1.54) is 0 Å². The highest BCUT2D eigenvalue weighted by Gasteiger charge is 2.33. The first-order valence-electron chi connectivity index (χ1n) is 7.84. The molecule has 24 heavy (non-hydrogen) atoms. The summed E-state index contributed by atoms with van der Waals surface area (Å²) in [5, 5.41) is -0.0224. The van der Waals surface area contributed by atoms with Gasteiger partial charge in [-0.2, -0.15) is 0 Å². The molecular weight excluding hydrogens is 386 g/mol. The molecule has 0 N–H and O–H groups in total. The maximum atomic E-state index is 13.1. The van der Waals surface area contributed by atoms with E-state index in [9.17, 15) is 4.79 Å². The Bertz CT molecular complexity index is 758. The highest BCUT2D eigenvalue weighted by atomic mass is 79.9. The molecular formula is C19H20BrNO2S. The summed E-state index contributed by atoms with van der Waals surface area (Å²) in [5.41, 5.74) is 4.02. The Morgan fingerprint density at radius 2 is 1.92 bits per heavy atom. The van der Waals surface area contributed by atoms with Gasteiger partial charge < -0.3 is 9.64 Å². The lowest BCUT2D eigenvalue weighted by Gasteiger charge is -2.26. The SMILES string of the molecule is COc1ccc(Br)cc1C1SCCN1C(=O)c1cc(C)cc(C)c1. The number of ether oxygens (including phenoxy) is 1. The molecule has 0 aliphatic carbocycles. The number of thioether (sulfide) groups is 1. The molecule has 1 unspecified atom stereocenters. The summed E-state index contributed by atoms with van der Waals surface area (Å²) in [6, 6.07) is 12.0. The van der Waals surface area contributed by atoms with Crippen molar-refractivity contribution >= 4 is 33.6 Å². The number of hydrogen-bond acceptors (Lipinski definition) is 3. The molecule has 1 atom stereocenters. The summed E-state index contributed by atoms with van der Waals surface area (Å²) in [4.78, 5) is 15.0. The number of carbonyl (C=O) groups is 1. The second-order valence-electron chi connectivity index (χ2n) is 5.98. The van der Waals surface area contributed by atoms with E-state index in [1.807, 2.05) is 49.1 Å². The molecule has 1 aliphatic heterocycles. The Morgan fingerprint density at radius 1 is 1.21 bits per heavy atom. The van der Waals surface area contributed by atoms with Crippen molar-refractivity contribution in [3.63, 3.8) is 0 Å². The van der Waals surface area contributed by atoms with Crippen LogP contribution in [0, 0.1) is 13.8 Å². The first kappa shape index (κ1) is 17.4. The van der Waals surface area contributed by atoms with Crippen molar-refractivity contribution in [2.24, 2.45) is 0 Å². The van der Waals surface area contributed by atoms with Crippen LogP contribution in [-0.4, -0.2) is 30.2 Å². The Hall–Kier alpha value is -1.46. The Balaban J connectivity index is 1.96. The van der Waals surface area contributed by atoms with Gasteiger partial charge in [-0.1, -0.05) is 33.1 Å². The highest BCUT2D eigenvalue weighted by Crippen LogP contribution is 2.43. The molecule has 126 valence electrons. The second-order valence-corrected chi connectivity index (χ2v) is 8.09. The van der Waals surface area contributed by atoms with Gasteiger partial charge in [-0.25, -0.2) is 0 Å². The largest absolute Gasteiger partial charge is 0.496 e. The fourth-order valence-corrected chi connectivity index (χ4v) is 4.75. The van der Waals surface area contributed by atoms with Gasteiger partial charge in [0.05, 0.1) is 7.11 Å². The molecule has 1 saturated heterocycles. The van der Waals surface area contributed by atoms with Crippen molar-refractivity contribution in [2.45, 2.75) is 19.2 Å². The molecule has 5 heteroatoms. The average Bonchev–Trinajstić information content (AvgIpc) is 3.02. The molecule has 3 rings (SSSR count). The van der Waals surface area contributed by atoms with E-state index in [1.54, 1.807) is 18.9 Å². The minimum atomic E-state index is -0.0224. The van der Waals surface area contributed by atoms with Crippen molar-refractivity contribution in [3.05, 3.63) is 63.1 Å². The Labute approximate surface area is 155 Å². The van der Waals surface area contributed by atoms with Crippen LogP contribution in [0.3, 0.4) is 0 Å². The Kier molecular flexibility index (Phi) is 5.21. The third kappa shape index (κ3) is 3.47. The zero-order valence-electron chi connectivity index (χ0n) is 14.0. The summed E-state index contributed by atoms with van der Waals surface area (Å²) in [5.74, 6) is 1.83. The van der Waals surface area contributed by atoms with Gasteiger partial charge in [0.15, 0.2) is 0 Å². The molecule has 2 aromatic rings. The van der Waals surface area contributed by atoms with E-state index >= 15 is 0 Å². The van der Waals surface area contributed by atoms with Gasteiger partial charge in [-0.15, -0.1) is 11.8 Å². The maximum Gasteiger partial charge on any atom is 0.255 e. The molecule has 1 fully saturated rings. The molecule has 0 radical (unpaired) electrons. The average molecular weight is 406 g/mol. The molecule has 0 bridgehead atoms. The number of rotatable bonds is 3. The molecule has 1 aliphatic rings. The standard InChI is InChI=1S/C19H20BrNO2S/c1-12-8-13(2)10-14(9-12)18(22)21-6-7-24-19(21)16-11-15(20)4-5-17(16)23-3/h4-5,8-11,19H,6-7H2,1-3H3. The normalized spacial score (nSPS) is 17.2. The fourth-order valence-electron chi connectivity index (χ4n) is 3.10. The van der Waals surface area contributed by atoms with Crippen LogP contribution in [0.2, 0.25) is 0 Å². The van der Waals surface area contributed by atoms with Gasteiger partial charge in [-0.3, -0.25) is 4.79 Å². The lowest BCUT2D eigenvalue weighted by molar-refractivity contribution is 0.0759. The van der Waals surface area contributed by atoms with E-state index in [2.05, 4.69) is 22.0 Å². The van der Waals surface area contributed by atoms with Crippen molar-refractivity contribution in [1.82, 2.24) is 4.90 Å². The van der Waals surface area contributed by atoms with Crippen molar-refractivity contribution in [3.8, 4) is 5.75 Å². The molecule has 2 aromatic carbocycles. The maximum absolute atomic E-state index is 13.1. The number of methoxy groups -OCH3 is 1. The van der Waals surface area contributed by atoms with Crippen LogP contribution in [0.5, 0.6) is 5.75 Å². The molecule has 3 nitrogen and oxygen atoms in total. The van der Waals surface area contributed by atoms with E-state index in [4.69, 9.17) is 4.74 Å². The highest BCUT2D eigenvalue weighted by molar-refractivity contribution is 9.10. The molecule has 0 aromatic heterocycles. The minimum Gasteiger partial charge on any atom is -0.496 e. The van der Waals surface area contributed by atoms with Gasteiger partial charge in [0.1, 0.15) is 11.1 Å². The second kappa shape index (κ2) is 7.19.